The van der Waals surface area contributed by atoms with Gasteiger partial charge in [-0.05, 0) is 102 Å². The summed E-state index contributed by atoms with van der Waals surface area (Å²) in [5.41, 5.74) is 11.2. The van der Waals surface area contributed by atoms with Crippen molar-refractivity contribution in [2.24, 2.45) is 0 Å². The highest BCUT2D eigenvalue weighted by Crippen LogP contribution is 2.48. The van der Waals surface area contributed by atoms with Gasteiger partial charge >= 0.3 is 0 Å². The van der Waals surface area contributed by atoms with Crippen LogP contribution in [0.2, 0.25) is 0 Å². The minimum Gasteiger partial charge on any atom is -0.344 e. The fraction of sp³-hybridized carbons (Fsp3) is 0.0455. The lowest BCUT2D eigenvalue weighted by atomic mass is 9.83. The number of para-hydroxylation sites is 1. The Kier molecular flexibility index (Phi) is 5.70. The van der Waals surface area contributed by atoms with Gasteiger partial charge in [-0.3, -0.25) is 0 Å². The van der Waals surface area contributed by atoms with Gasteiger partial charge < -0.3 is 4.90 Å². The van der Waals surface area contributed by atoms with Crippen LogP contribution in [0, 0.1) is 6.92 Å². The molecular formula is C44H31N. The molecule has 0 saturated carbocycles. The van der Waals surface area contributed by atoms with E-state index in [0.29, 0.717) is 0 Å². The van der Waals surface area contributed by atoms with Crippen molar-refractivity contribution < 1.29 is 0 Å². The summed E-state index contributed by atoms with van der Waals surface area (Å²) in [6.45, 7) is 2.20. The molecule has 0 bridgehead atoms. The fourth-order valence-electron chi connectivity index (χ4n) is 7.53. The first kappa shape index (κ1) is 25.8. The van der Waals surface area contributed by atoms with Gasteiger partial charge in [0.1, 0.15) is 0 Å². The third kappa shape index (κ3) is 3.94. The summed E-state index contributed by atoms with van der Waals surface area (Å²) in [4.78, 5) is 2.33. The topological polar surface area (TPSA) is 3.24 Å². The minimum absolute atomic E-state index is 1.21. The summed E-state index contributed by atoms with van der Waals surface area (Å²) in [5, 5.41) is 10.3. The molecule has 0 radical (unpaired) electrons. The number of nitrogens with zero attached hydrogens (tertiary/aromatic N) is 1. The molecule has 1 heterocycles. The first-order valence-electron chi connectivity index (χ1n) is 15.7. The lowest BCUT2D eigenvalue weighted by Crippen LogP contribution is -2.11. The van der Waals surface area contributed by atoms with Gasteiger partial charge in [0.2, 0.25) is 0 Å². The van der Waals surface area contributed by atoms with Gasteiger partial charge in [0.15, 0.2) is 0 Å². The molecule has 8 aromatic carbocycles. The molecule has 1 heteroatoms. The van der Waals surface area contributed by atoms with Crippen molar-refractivity contribution in [3.8, 4) is 22.3 Å². The average Bonchev–Trinajstić information content (AvgIpc) is 3.23. The molecular weight excluding hydrogens is 542 g/mol. The number of benzene rings is 8. The highest BCUT2D eigenvalue weighted by molar-refractivity contribution is 6.26. The molecule has 0 amide bonds. The summed E-state index contributed by atoms with van der Waals surface area (Å²) in [7, 11) is 2.18. The normalized spacial score (nSPS) is 12.5. The standard InChI is InChI=1S/C44H31N/c1-28-19-24-38-39(25-28)43(32-23-22-30-21-20-29-11-4-10-18-41(29)45(2)42(30)27-32)36-16-8-9-17-37(36)44(38)40-26-31-12-3-5-13-33(31)34-14-6-7-15-35(34)40/h3-27H,1-2H3. The van der Waals surface area contributed by atoms with Crippen LogP contribution in [0.4, 0.5) is 11.4 Å². The third-order valence-corrected chi connectivity index (χ3v) is 9.64. The van der Waals surface area contributed by atoms with Crippen molar-refractivity contribution in [2.45, 2.75) is 6.92 Å². The Morgan fingerprint density at radius 2 is 1.04 bits per heavy atom. The largest absolute Gasteiger partial charge is 0.344 e. The van der Waals surface area contributed by atoms with Crippen LogP contribution in [0.1, 0.15) is 16.7 Å². The van der Waals surface area contributed by atoms with Gasteiger partial charge in [0.25, 0.3) is 0 Å². The minimum atomic E-state index is 1.21. The first-order chi connectivity index (χ1) is 22.2. The van der Waals surface area contributed by atoms with Gasteiger partial charge in [0.05, 0.1) is 0 Å². The Labute approximate surface area is 263 Å². The summed E-state index contributed by atoms with van der Waals surface area (Å²) in [6.07, 6.45) is 4.48. The number of hydrogen-bond donors (Lipinski definition) is 0. The Bertz CT molecular complexity index is 2520. The van der Waals surface area contributed by atoms with Gasteiger partial charge in [0, 0.05) is 18.4 Å². The summed E-state index contributed by atoms with van der Waals surface area (Å²) < 4.78 is 0. The molecule has 0 spiro atoms. The van der Waals surface area contributed by atoms with Crippen LogP contribution in [0.15, 0.2) is 140 Å². The van der Waals surface area contributed by atoms with Crippen molar-refractivity contribution in [3.05, 3.63) is 156 Å². The van der Waals surface area contributed by atoms with Gasteiger partial charge in [-0.1, -0.05) is 139 Å². The smallest absolute Gasteiger partial charge is 0.0488 e. The maximum Gasteiger partial charge on any atom is 0.0488 e. The first-order valence-corrected chi connectivity index (χ1v) is 15.7. The van der Waals surface area contributed by atoms with E-state index in [0.717, 1.165) is 0 Å². The molecule has 8 aromatic rings. The van der Waals surface area contributed by atoms with E-state index in [1.165, 1.54) is 93.4 Å². The predicted octanol–water partition coefficient (Wildman–Crippen LogP) is 12.2. The SMILES string of the molecule is Cc1ccc2c(-c3cc4ccccc4c4ccccc34)c3ccccc3c(-c3ccc4c(c3)N(C)c3ccccc3C=C4)c2c1. The van der Waals surface area contributed by atoms with Crippen LogP contribution >= 0.6 is 0 Å². The summed E-state index contributed by atoms with van der Waals surface area (Å²) >= 11 is 0. The Morgan fingerprint density at radius 3 is 1.87 bits per heavy atom. The van der Waals surface area contributed by atoms with Gasteiger partial charge in [-0.25, -0.2) is 0 Å². The Hall–Kier alpha value is -5.66. The second kappa shape index (κ2) is 9.94. The van der Waals surface area contributed by atoms with Crippen LogP contribution in [-0.4, -0.2) is 7.05 Å². The molecule has 0 aliphatic carbocycles. The van der Waals surface area contributed by atoms with Crippen molar-refractivity contribution in [3.63, 3.8) is 0 Å². The maximum absolute atomic E-state index is 2.40. The van der Waals surface area contributed by atoms with E-state index < -0.39 is 0 Å². The summed E-state index contributed by atoms with van der Waals surface area (Å²) in [5.74, 6) is 0. The Morgan fingerprint density at radius 1 is 0.422 bits per heavy atom. The van der Waals surface area contributed by atoms with Crippen molar-refractivity contribution in [2.75, 3.05) is 11.9 Å². The van der Waals surface area contributed by atoms with Crippen LogP contribution < -0.4 is 4.90 Å². The van der Waals surface area contributed by atoms with Crippen LogP contribution in [0.3, 0.4) is 0 Å². The van der Waals surface area contributed by atoms with Crippen LogP contribution in [0.25, 0.3) is 77.5 Å². The zero-order valence-electron chi connectivity index (χ0n) is 25.4. The molecule has 0 aromatic heterocycles. The highest BCUT2D eigenvalue weighted by atomic mass is 15.1. The zero-order valence-corrected chi connectivity index (χ0v) is 25.4. The van der Waals surface area contributed by atoms with Crippen LogP contribution in [-0.2, 0) is 0 Å². The second-order valence-corrected chi connectivity index (χ2v) is 12.3. The molecule has 0 N–H and O–H groups in total. The lowest BCUT2D eigenvalue weighted by Gasteiger charge is -2.24. The Balaban J connectivity index is 1.38. The molecule has 0 fully saturated rings. The number of anilines is 2. The van der Waals surface area contributed by atoms with E-state index >= 15 is 0 Å². The second-order valence-electron chi connectivity index (χ2n) is 12.3. The molecule has 1 aliphatic heterocycles. The average molecular weight is 574 g/mol. The number of rotatable bonds is 2. The van der Waals surface area contributed by atoms with E-state index in [1.807, 2.05) is 0 Å². The third-order valence-electron chi connectivity index (χ3n) is 9.64. The lowest BCUT2D eigenvalue weighted by molar-refractivity contribution is 1.20. The molecule has 1 nitrogen and oxygen atoms in total. The predicted molar refractivity (Wildman–Crippen MR) is 196 cm³/mol. The molecule has 45 heavy (non-hydrogen) atoms. The van der Waals surface area contributed by atoms with E-state index in [4.69, 9.17) is 0 Å². The highest BCUT2D eigenvalue weighted by Gasteiger charge is 2.21. The van der Waals surface area contributed by atoms with Crippen LogP contribution in [0.5, 0.6) is 0 Å². The molecule has 0 unspecified atom stereocenters. The van der Waals surface area contributed by atoms with Crippen molar-refractivity contribution in [1.29, 1.82) is 0 Å². The van der Waals surface area contributed by atoms with Gasteiger partial charge in [-0.15, -0.1) is 0 Å². The number of fused-ring (bicyclic) bond motifs is 7. The van der Waals surface area contributed by atoms with E-state index in [9.17, 15) is 0 Å². The molecule has 0 saturated heterocycles. The van der Waals surface area contributed by atoms with E-state index in [-0.39, 0.29) is 0 Å². The molecule has 0 atom stereocenters. The van der Waals surface area contributed by atoms with Crippen molar-refractivity contribution >= 4 is 66.6 Å². The van der Waals surface area contributed by atoms with E-state index in [1.54, 1.807) is 0 Å². The van der Waals surface area contributed by atoms with Gasteiger partial charge in [-0.2, -0.15) is 0 Å². The molecule has 1 aliphatic rings. The fourth-order valence-corrected chi connectivity index (χ4v) is 7.53. The van der Waals surface area contributed by atoms with E-state index in [2.05, 4.69) is 171 Å². The monoisotopic (exact) mass is 573 g/mol. The quantitative estimate of drug-likeness (QED) is 0.147. The molecule has 212 valence electrons. The maximum atomic E-state index is 2.40. The number of hydrogen-bond acceptors (Lipinski definition) is 1. The summed E-state index contributed by atoms with van der Waals surface area (Å²) in [6, 6.07) is 51.6. The number of aryl methyl sites for hydroxylation is 1. The van der Waals surface area contributed by atoms with Crippen molar-refractivity contribution in [1.82, 2.24) is 0 Å². The molecule has 9 rings (SSSR count). The zero-order chi connectivity index (χ0) is 30.1.